The molecule has 0 aromatic heterocycles. The van der Waals surface area contributed by atoms with Crippen molar-refractivity contribution in [2.24, 2.45) is 11.8 Å². The second-order valence-corrected chi connectivity index (χ2v) is 15.6. The topological polar surface area (TPSA) is 158 Å². The molecule has 0 saturated carbocycles. The fourth-order valence-electron chi connectivity index (χ4n) is 7.27. The van der Waals surface area contributed by atoms with Crippen molar-refractivity contribution < 1.29 is 148 Å². The SMILES string of the molecule is CCC(=O)Cl.CCC(=O)N(c1ccccc1)[C@@H](C)[C@@H]1CCCN(C(=O)OCc2ccccc2)C1.C[C@H](Nc1ccccc1)[C@@H]1CCCN(C(=O)OCc2ccccc2)C1.O=CO[O-].[H-].[K+].[K+]. The Hall–Kier alpha value is -2.65. The van der Waals surface area contributed by atoms with E-state index in [0.29, 0.717) is 44.5 Å². The number of para-hydroxylation sites is 2. The summed E-state index contributed by atoms with van der Waals surface area (Å²) in [6.07, 6.45) is 4.45. The van der Waals surface area contributed by atoms with E-state index < -0.39 is 0 Å². The predicted molar refractivity (Wildman–Crippen MR) is 244 cm³/mol. The van der Waals surface area contributed by atoms with E-state index in [1.807, 2.05) is 126 Å². The molecule has 0 radical (unpaired) electrons. The van der Waals surface area contributed by atoms with Crippen molar-refractivity contribution in [3.63, 3.8) is 0 Å². The maximum Gasteiger partial charge on any atom is 1.00 e. The molecule has 13 nitrogen and oxygen atoms in total. The number of anilines is 2. The molecule has 16 heteroatoms. The summed E-state index contributed by atoms with van der Waals surface area (Å²) in [4.78, 5) is 64.0. The van der Waals surface area contributed by atoms with Gasteiger partial charge in [-0.25, -0.2) is 9.59 Å². The van der Waals surface area contributed by atoms with E-state index in [1.54, 1.807) is 11.8 Å². The van der Waals surface area contributed by atoms with Crippen LogP contribution >= 0.6 is 11.6 Å². The first-order chi connectivity index (χ1) is 30.5. The number of rotatable bonds is 13. The number of hydrogen-bond acceptors (Lipinski definition) is 10. The Morgan fingerprint density at radius 1 is 0.723 bits per heavy atom. The van der Waals surface area contributed by atoms with E-state index in [4.69, 9.17) is 31.1 Å². The summed E-state index contributed by atoms with van der Waals surface area (Å²) in [5, 5.41) is 11.7. The quantitative estimate of drug-likeness (QED) is 0.0695. The predicted octanol–water partition coefficient (Wildman–Crippen LogP) is 3.12. The van der Waals surface area contributed by atoms with E-state index >= 15 is 0 Å². The third-order valence-corrected chi connectivity index (χ3v) is 11.0. The molecule has 0 spiro atoms. The van der Waals surface area contributed by atoms with Gasteiger partial charge in [0, 0.05) is 62.5 Å². The fourth-order valence-corrected chi connectivity index (χ4v) is 7.27. The van der Waals surface area contributed by atoms with Gasteiger partial charge in [-0.1, -0.05) is 111 Å². The molecule has 4 aromatic carbocycles. The van der Waals surface area contributed by atoms with Gasteiger partial charge in [0.1, 0.15) is 13.2 Å². The number of piperidine rings is 2. The van der Waals surface area contributed by atoms with Gasteiger partial charge in [0.05, 0.1) is 0 Å². The number of carbonyl (C=O) groups excluding carboxylic acids is 5. The van der Waals surface area contributed by atoms with Crippen molar-refractivity contribution in [2.75, 3.05) is 36.4 Å². The van der Waals surface area contributed by atoms with Gasteiger partial charge >= 0.3 is 115 Å². The van der Waals surface area contributed by atoms with Crippen molar-refractivity contribution in [1.82, 2.24) is 9.80 Å². The molecule has 1 N–H and O–H groups in total. The minimum absolute atomic E-state index is 0. The van der Waals surface area contributed by atoms with Gasteiger partial charge in [0.25, 0.3) is 6.47 Å². The van der Waals surface area contributed by atoms with Gasteiger partial charge < -0.3 is 41.1 Å². The molecule has 0 bridgehead atoms. The molecule has 342 valence electrons. The number of ether oxygens (including phenoxy) is 2. The van der Waals surface area contributed by atoms with Gasteiger partial charge in [0.15, 0.2) is 0 Å². The Labute approximate surface area is 476 Å². The molecule has 2 aliphatic heterocycles. The molecule has 4 atom stereocenters. The number of nitrogens with one attached hydrogen (secondary N) is 1. The normalized spacial score (nSPS) is 15.8. The summed E-state index contributed by atoms with van der Waals surface area (Å²) in [5.41, 5.74) is 4.03. The Morgan fingerprint density at radius 3 is 1.54 bits per heavy atom. The summed E-state index contributed by atoms with van der Waals surface area (Å²) in [7, 11) is 0. The van der Waals surface area contributed by atoms with Gasteiger partial charge in [-0.3, -0.25) is 14.4 Å². The van der Waals surface area contributed by atoms with Crippen molar-refractivity contribution in [1.29, 1.82) is 0 Å². The Bertz CT molecular complexity index is 1930. The Balaban J connectivity index is 0.00000105. The van der Waals surface area contributed by atoms with Crippen LogP contribution in [0.25, 0.3) is 0 Å². The van der Waals surface area contributed by atoms with E-state index in [0.717, 1.165) is 61.3 Å². The molecule has 0 unspecified atom stereocenters. The van der Waals surface area contributed by atoms with E-state index in [-0.39, 0.29) is 153 Å². The van der Waals surface area contributed by atoms with Crippen LogP contribution in [0.15, 0.2) is 121 Å². The minimum Gasteiger partial charge on any atom is -1.00 e. The Morgan fingerprint density at radius 2 is 1.12 bits per heavy atom. The van der Waals surface area contributed by atoms with Crippen molar-refractivity contribution in [3.8, 4) is 0 Å². The Kier molecular flexibility index (Phi) is 33.0. The van der Waals surface area contributed by atoms with Gasteiger partial charge in [-0.15, -0.1) is 0 Å². The molecular formula is C49H63ClK2N4O9. The molecule has 6 rings (SSSR count). The zero-order chi connectivity index (χ0) is 45.8. The first-order valence-corrected chi connectivity index (χ1v) is 21.9. The van der Waals surface area contributed by atoms with Gasteiger partial charge in [-0.2, -0.15) is 0 Å². The molecule has 2 saturated heterocycles. The maximum absolute atomic E-state index is 12.7. The van der Waals surface area contributed by atoms with E-state index in [9.17, 15) is 19.2 Å². The fraction of sp³-hybridized carbons (Fsp3) is 0.408. The molecule has 2 fully saturated rings. The number of nitrogens with zero attached hydrogens (tertiary/aromatic N) is 3. The maximum atomic E-state index is 12.7. The van der Waals surface area contributed by atoms with Crippen LogP contribution in [0, 0.1) is 11.8 Å². The second-order valence-electron chi connectivity index (χ2n) is 15.2. The summed E-state index contributed by atoms with van der Waals surface area (Å²) >= 11 is 4.82. The molecule has 2 aliphatic rings. The van der Waals surface area contributed by atoms with E-state index in [1.165, 1.54) is 0 Å². The first kappa shape index (κ1) is 60.4. The summed E-state index contributed by atoms with van der Waals surface area (Å²) in [6, 6.07) is 39.9. The van der Waals surface area contributed by atoms with Crippen molar-refractivity contribution in [2.45, 2.75) is 91.5 Å². The zero-order valence-electron chi connectivity index (χ0n) is 39.8. The molecule has 65 heavy (non-hydrogen) atoms. The molecule has 0 aliphatic carbocycles. The molecule has 2 heterocycles. The number of carbonyl (C=O) groups is 5. The van der Waals surface area contributed by atoms with Crippen LogP contribution in [-0.2, 0) is 42.0 Å². The zero-order valence-corrected chi connectivity index (χ0v) is 45.8. The monoisotopic (exact) mass is 964 g/mol. The largest absolute Gasteiger partial charge is 1.00 e. The molecule has 3 amide bonds. The van der Waals surface area contributed by atoms with Gasteiger partial charge in [-0.05, 0) is 98.4 Å². The van der Waals surface area contributed by atoms with Crippen LogP contribution in [0.4, 0.5) is 21.0 Å². The third-order valence-electron chi connectivity index (χ3n) is 10.7. The van der Waals surface area contributed by atoms with Crippen LogP contribution in [0.1, 0.15) is 78.8 Å². The number of likely N-dealkylation sites (tertiary alicyclic amines) is 2. The number of halogens is 1. The second kappa shape index (κ2) is 35.5. The average molecular weight is 966 g/mol. The van der Waals surface area contributed by atoms with Crippen LogP contribution < -0.4 is 118 Å². The van der Waals surface area contributed by atoms with Gasteiger partial charge in [0.2, 0.25) is 11.1 Å². The standard InChI is InChI=1S/C24H30N2O3.C21H26N2O2.C3H5ClO.CH2O3.2K.H/c1-3-23(27)26(22-14-8-5-9-15-22)19(2)21-13-10-16-25(17-21)24(28)29-18-20-11-6-4-7-12-20;1-17(22-20-12-6-3-7-13-20)19-11-8-14-23(15-19)21(24)25-16-18-9-4-2-5-10-18;1-2-3(4)5;2-1-4-3;;;/h4-9,11-12,14-15,19,21H,3,10,13,16-18H2,1-2H3;2-7,9-10,12-13,17,19,22H,8,11,14-16H2,1H3;2H2,1H3;1,3H;;;/q;;;;2*+1;-1/p-1/t19-,21+;17-,19+;;;;;/m00...../s1. The van der Waals surface area contributed by atoms with Crippen LogP contribution in [-0.4, -0.2) is 77.9 Å². The molecular weight excluding hydrogens is 902 g/mol. The van der Waals surface area contributed by atoms with E-state index in [2.05, 4.69) is 36.2 Å². The summed E-state index contributed by atoms with van der Waals surface area (Å²) in [6.45, 7) is 11.1. The first-order valence-electron chi connectivity index (χ1n) is 21.5. The number of amides is 3. The third kappa shape index (κ3) is 23.3. The smallest absolute Gasteiger partial charge is 1.00 e. The van der Waals surface area contributed by atoms with Crippen LogP contribution in [0.5, 0.6) is 0 Å². The number of hydrogen-bond donors (Lipinski definition) is 1. The number of benzene rings is 4. The minimum atomic E-state index is -0.279. The van der Waals surface area contributed by atoms with Crippen LogP contribution in [0.3, 0.4) is 0 Å². The molecule has 4 aromatic rings. The summed E-state index contributed by atoms with van der Waals surface area (Å²) in [5.74, 6) is 0.745. The van der Waals surface area contributed by atoms with Crippen LogP contribution in [0.2, 0.25) is 0 Å². The van der Waals surface area contributed by atoms with Crippen molar-refractivity contribution >= 4 is 52.8 Å². The van der Waals surface area contributed by atoms with Crippen molar-refractivity contribution in [3.05, 3.63) is 132 Å². The summed E-state index contributed by atoms with van der Waals surface area (Å²) < 4.78 is 11.0. The average Bonchev–Trinajstić information content (AvgIpc) is 3.34.